The highest BCUT2D eigenvalue weighted by Crippen LogP contribution is 2.26. The molecule has 2 fully saturated rings. The van der Waals surface area contributed by atoms with Crippen molar-refractivity contribution in [3.63, 3.8) is 0 Å². The summed E-state index contributed by atoms with van der Waals surface area (Å²) in [6, 6.07) is 0.0252. The number of nitrogens with zero attached hydrogens (tertiary/aromatic N) is 2. The van der Waals surface area contributed by atoms with Crippen LogP contribution in [-0.4, -0.2) is 58.5 Å². The Bertz CT molecular complexity index is 349. The summed E-state index contributed by atoms with van der Waals surface area (Å²) in [5.74, 6) is -0.428. The van der Waals surface area contributed by atoms with E-state index < -0.39 is 5.97 Å². The molecule has 5 heteroatoms. The Hall–Kier alpha value is -1.10. The van der Waals surface area contributed by atoms with Crippen molar-refractivity contribution in [3.05, 3.63) is 0 Å². The zero-order valence-electron chi connectivity index (χ0n) is 11.8. The van der Waals surface area contributed by atoms with E-state index in [4.69, 9.17) is 0 Å². The molecule has 2 saturated heterocycles. The Balaban J connectivity index is 1.89. The summed E-state index contributed by atoms with van der Waals surface area (Å²) in [5.41, 5.74) is 0. The Morgan fingerprint density at radius 1 is 1.11 bits per heavy atom. The lowest BCUT2D eigenvalue weighted by molar-refractivity contribution is -0.144. The van der Waals surface area contributed by atoms with Crippen LogP contribution in [0.4, 0.5) is 0 Å². The third-order valence-electron chi connectivity index (χ3n) is 4.32. The third-order valence-corrected chi connectivity index (χ3v) is 4.32. The lowest BCUT2D eigenvalue weighted by Crippen LogP contribution is -2.50. The molecule has 2 heterocycles. The van der Waals surface area contributed by atoms with E-state index in [0.29, 0.717) is 6.04 Å². The summed E-state index contributed by atoms with van der Waals surface area (Å²) in [6.45, 7) is 6.28. The van der Waals surface area contributed by atoms with Crippen molar-refractivity contribution in [2.75, 3.05) is 19.6 Å². The van der Waals surface area contributed by atoms with Crippen LogP contribution < -0.4 is 0 Å². The molecule has 1 unspecified atom stereocenters. The zero-order valence-corrected chi connectivity index (χ0v) is 11.8. The Morgan fingerprint density at radius 3 is 2.26 bits per heavy atom. The number of carbonyl (C=O) groups is 2. The van der Waals surface area contributed by atoms with E-state index in [1.54, 1.807) is 0 Å². The molecule has 0 aromatic heterocycles. The zero-order chi connectivity index (χ0) is 14.0. The molecule has 2 rings (SSSR count). The molecule has 2 aliphatic heterocycles. The molecule has 0 aromatic carbocycles. The predicted molar refractivity (Wildman–Crippen MR) is 71.8 cm³/mol. The van der Waals surface area contributed by atoms with Gasteiger partial charge < -0.3 is 10.0 Å². The molecule has 0 saturated carbocycles. The van der Waals surface area contributed by atoms with E-state index in [1.807, 2.05) is 18.7 Å². The van der Waals surface area contributed by atoms with Crippen LogP contribution in [0, 0.1) is 5.92 Å². The number of hydrogen-bond donors (Lipinski definition) is 1. The highest BCUT2D eigenvalue weighted by Gasteiger charge is 2.37. The number of piperidine rings is 1. The average molecular weight is 268 g/mol. The summed E-state index contributed by atoms with van der Waals surface area (Å²) in [5, 5.41) is 9.22. The molecule has 1 N–H and O–H groups in total. The summed E-state index contributed by atoms with van der Waals surface area (Å²) in [4.78, 5) is 27.2. The topological polar surface area (TPSA) is 60.9 Å². The first-order chi connectivity index (χ1) is 9.00. The van der Waals surface area contributed by atoms with Crippen LogP contribution in [-0.2, 0) is 9.59 Å². The van der Waals surface area contributed by atoms with Crippen LogP contribution in [0.25, 0.3) is 0 Å². The van der Waals surface area contributed by atoms with Crippen LogP contribution in [0.5, 0.6) is 0 Å². The highest BCUT2D eigenvalue weighted by molar-refractivity contribution is 5.78. The van der Waals surface area contributed by atoms with Crippen molar-refractivity contribution < 1.29 is 14.7 Å². The number of rotatable bonds is 3. The molecule has 5 nitrogen and oxygen atoms in total. The van der Waals surface area contributed by atoms with E-state index in [1.165, 1.54) is 0 Å². The number of amides is 1. The minimum absolute atomic E-state index is 0.0510. The molecule has 0 bridgehead atoms. The molecule has 19 heavy (non-hydrogen) atoms. The van der Waals surface area contributed by atoms with Crippen molar-refractivity contribution in [1.29, 1.82) is 0 Å². The van der Waals surface area contributed by atoms with Gasteiger partial charge in [0.25, 0.3) is 0 Å². The monoisotopic (exact) mass is 268 g/mol. The molecule has 0 spiro atoms. The minimum atomic E-state index is -0.696. The van der Waals surface area contributed by atoms with Crippen LogP contribution in [0.1, 0.15) is 39.5 Å². The molecule has 1 amide bonds. The van der Waals surface area contributed by atoms with E-state index in [0.717, 1.165) is 45.3 Å². The van der Waals surface area contributed by atoms with Crippen molar-refractivity contribution >= 4 is 11.9 Å². The van der Waals surface area contributed by atoms with Gasteiger partial charge >= 0.3 is 5.97 Å². The maximum Gasteiger partial charge on any atom is 0.320 e. The van der Waals surface area contributed by atoms with E-state index >= 15 is 0 Å². The summed E-state index contributed by atoms with van der Waals surface area (Å²) < 4.78 is 0. The fourth-order valence-corrected chi connectivity index (χ4v) is 3.27. The maximum atomic E-state index is 11.9. The van der Waals surface area contributed by atoms with Crippen LogP contribution in [0.2, 0.25) is 0 Å². The summed E-state index contributed by atoms with van der Waals surface area (Å²) in [7, 11) is 0. The first-order valence-corrected chi connectivity index (χ1v) is 7.28. The van der Waals surface area contributed by atoms with Crippen molar-refractivity contribution in [2.45, 2.75) is 51.6 Å². The lowest BCUT2D eigenvalue weighted by Gasteiger charge is -2.38. The molecule has 1 atom stereocenters. The number of carbonyl (C=O) groups excluding carboxylic acids is 1. The first kappa shape index (κ1) is 14.3. The number of carboxylic acid groups (broad SMARTS) is 1. The highest BCUT2D eigenvalue weighted by atomic mass is 16.4. The normalized spacial score (nSPS) is 26.1. The number of aliphatic carboxylic acids is 1. The van der Waals surface area contributed by atoms with E-state index in [2.05, 4.69) is 4.90 Å². The smallest absolute Gasteiger partial charge is 0.320 e. The van der Waals surface area contributed by atoms with Gasteiger partial charge in [-0.2, -0.15) is 0 Å². The van der Waals surface area contributed by atoms with Crippen LogP contribution in [0.3, 0.4) is 0 Å². The second kappa shape index (κ2) is 5.90. The van der Waals surface area contributed by atoms with Crippen molar-refractivity contribution in [1.82, 2.24) is 9.80 Å². The quantitative estimate of drug-likeness (QED) is 0.835. The molecule has 108 valence electrons. The van der Waals surface area contributed by atoms with Crippen molar-refractivity contribution in [3.8, 4) is 0 Å². The number of hydrogen-bond acceptors (Lipinski definition) is 3. The van der Waals surface area contributed by atoms with Gasteiger partial charge in [-0.3, -0.25) is 14.5 Å². The predicted octanol–water partition coefficient (Wildman–Crippen LogP) is 1.18. The largest absolute Gasteiger partial charge is 0.480 e. The van der Waals surface area contributed by atoms with E-state index in [9.17, 15) is 14.7 Å². The molecular weight excluding hydrogens is 244 g/mol. The third kappa shape index (κ3) is 3.08. The van der Waals surface area contributed by atoms with Gasteiger partial charge in [0.1, 0.15) is 6.04 Å². The number of carboxylic acids is 1. The fraction of sp³-hybridized carbons (Fsp3) is 0.857. The lowest BCUT2D eigenvalue weighted by atomic mass is 10.0. The van der Waals surface area contributed by atoms with Gasteiger partial charge in [-0.05, 0) is 32.2 Å². The first-order valence-electron chi connectivity index (χ1n) is 7.28. The van der Waals surface area contributed by atoms with Crippen molar-refractivity contribution in [2.24, 2.45) is 5.92 Å². The second-order valence-electron chi connectivity index (χ2n) is 5.95. The van der Waals surface area contributed by atoms with E-state index in [-0.39, 0.29) is 17.9 Å². The number of likely N-dealkylation sites (tertiary alicyclic amines) is 2. The van der Waals surface area contributed by atoms with Gasteiger partial charge in [0.2, 0.25) is 5.91 Å². The van der Waals surface area contributed by atoms with Gasteiger partial charge in [-0.1, -0.05) is 13.8 Å². The fourth-order valence-electron chi connectivity index (χ4n) is 3.27. The Kier molecular flexibility index (Phi) is 4.45. The standard InChI is InChI=1S/C14H24N2O3/c1-10(2)13(17)15-8-5-11(6-9-15)16-7-3-4-12(16)14(18)19/h10-12H,3-9H2,1-2H3,(H,18,19). The van der Waals surface area contributed by atoms with Crippen LogP contribution >= 0.6 is 0 Å². The minimum Gasteiger partial charge on any atom is -0.480 e. The Morgan fingerprint density at radius 2 is 1.74 bits per heavy atom. The van der Waals surface area contributed by atoms with Gasteiger partial charge in [0.15, 0.2) is 0 Å². The van der Waals surface area contributed by atoms with Gasteiger partial charge in [0.05, 0.1) is 0 Å². The summed E-state index contributed by atoms with van der Waals surface area (Å²) in [6.07, 6.45) is 3.55. The SMILES string of the molecule is CC(C)C(=O)N1CCC(N2CCCC2C(=O)O)CC1. The maximum absolute atomic E-state index is 11.9. The molecule has 0 radical (unpaired) electrons. The molecule has 0 aromatic rings. The van der Waals surface area contributed by atoms with Crippen LogP contribution in [0.15, 0.2) is 0 Å². The molecule has 0 aliphatic carbocycles. The van der Waals surface area contributed by atoms with Gasteiger partial charge in [-0.15, -0.1) is 0 Å². The average Bonchev–Trinajstić information content (AvgIpc) is 2.87. The van der Waals surface area contributed by atoms with Gasteiger partial charge in [0, 0.05) is 25.0 Å². The Labute approximate surface area is 114 Å². The summed E-state index contributed by atoms with van der Waals surface area (Å²) >= 11 is 0. The molecular formula is C14H24N2O3. The molecule has 2 aliphatic rings. The van der Waals surface area contributed by atoms with Gasteiger partial charge in [-0.25, -0.2) is 0 Å². The second-order valence-corrected chi connectivity index (χ2v) is 5.95.